The van der Waals surface area contributed by atoms with E-state index >= 15 is 0 Å². The highest BCUT2D eigenvalue weighted by Gasteiger charge is 2.42. The SMILES string of the molecule is CCOc1cncc(-c2cnc(C(=O)N3CC(c4nc(C(=O)NC(CN5CCCCC5)c5cc(NS(=O)(=O)C6CC6)ccn5)sc4-c4cncc(OCC)n4)C[C@@H]3c3cncc(NS(=O)(=O)C4CC4)c3)s2)n1. The van der Waals surface area contributed by atoms with Crippen molar-refractivity contribution in [3.8, 4) is 32.9 Å². The number of ether oxygens (including phenoxy) is 2. The molecule has 0 bridgehead atoms. The minimum atomic E-state index is -3.63. The highest BCUT2D eigenvalue weighted by atomic mass is 32.2. The molecule has 378 valence electrons. The Hall–Kier alpha value is -6.28. The van der Waals surface area contributed by atoms with E-state index in [2.05, 4.69) is 49.6 Å². The van der Waals surface area contributed by atoms with Gasteiger partial charge in [0.15, 0.2) is 10.0 Å². The number of nitrogens with one attached hydrogen (secondary N) is 3. The minimum Gasteiger partial charge on any atom is -0.477 e. The van der Waals surface area contributed by atoms with Crippen LogP contribution in [0.2, 0.25) is 0 Å². The predicted octanol–water partition coefficient (Wildman–Crippen LogP) is 6.24. The van der Waals surface area contributed by atoms with Gasteiger partial charge in [0.1, 0.15) is 11.4 Å². The summed E-state index contributed by atoms with van der Waals surface area (Å²) in [5.74, 6) is -0.753. The van der Waals surface area contributed by atoms with Crippen LogP contribution in [-0.4, -0.2) is 128 Å². The summed E-state index contributed by atoms with van der Waals surface area (Å²) in [7, 11) is -7.20. The Bertz CT molecular complexity index is 3180. The zero-order valence-corrected chi connectivity index (χ0v) is 42.8. The number of hydrogen-bond acceptors (Lipinski definition) is 19. The zero-order chi connectivity index (χ0) is 50.0. The molecule has 2 amide bonds. The molecule has 2 saturated heterocycles. The summed E-state index contributed by atoms with van der Waals surface area (Å²) in [4.78, 5) is 71.4. The van der Waals surface area contributed by atoms with Crippen LogP contribution in [-0.2, 0) is 20.0 Å². The van der Waals surface area contributed by atoms with Crippen LogP contribution in [0.4, 0.5) is 11.4 Å². The van der Waals surface area contributed by atoms with Crippen molar-refractivity contribution in [1.82, 2.24) is 55.0 Å². The summed E-state index contributed by atoms with van der Waals surface area (Å²) >= 11 is 2.28. The maximum Gasteiger partial charge on any atom is 0.283 e. The number of sulfonamides is 2. The lowest BCUT2D eigenvalue weighted by atomic mass is 9.97. The number of anilines is 2. The normalized spacial score (nSPS) is 18.9. The van der Waals surface area contributed by atoms with Gasteiger partial charge in [-0.25, -0.2) is 36.8 Å². The van der Waals surface area contributed by atoms with Crippen molar-refractivity contribution in [3.05, 3.63) is 94.7 Å². The van der Waals surface area contributed by atoms with Crippen LogP contribution in [0.1, 0.15) is 120 Å². The highest BCUT2D eigenvalue weighted by Crippen LogP contribution is 2.46. The molecule has 6 aromatic rings. The predicted molar refractivity (Wildman–Crippen MR) is 270 cm³/mol. The van der Waals surface area contributed by atoms with E-state index in [0.717, 1.165) is 55.0 Å². The van der Waals surface area contributed by atoms with Crippen molar-refractivity contribution in [2.24, 2.45) is 0 Å². The first kappa shape index (κ1) is 49.3. The van der Waals surface area contributed by atoms with E-state index in [0.29, 0.717) is 102 Å². The van der Waals surface area contributed by atoms with Crippen LogP contribution in [0, 0.1) is 0 Å². The van der Waals surface area contributed by atoms with Crippen LogP contribution >= 0.6 is 22.7 Å². The lowest BCUT2D eigenvalue weighted by molar-refractivity contribution is 0.0733. The van der Waals surface area contributed by atoms with E-state index in [9.17, 15) is 26.4 Å². The first-order chi connectivity index (χ1) is 34.8. The molecule has 2 unspecified atom stereocenters. The maximum atomic E-state index is 14.9. The number of amides is 2. The second kappa shape index (κ2) is 21.1. The molecule has 25 heteroatoms. The van der Waals surface area contributed by atoms with Gasteiger partial charge in [-0.2, -0.15) is 0 Å². The average molecular weight is 1060 g/mol. The molecular weight excluding hydrogens is 1000 g/mol. The monoisotopic (exact) mass is 1060 g/mol. The molecule has 10 rings (SSSR count). The van der Waals surface area contributed by atoms with Crippen LogP contribution < -0.4 is 24.2 Å². The summed E-state index contributed by atoms with van der Waals surface area (Å²) in [6.07, 6.45) is 18.1. The largest absolute Gasteiger partial charge is 0.477 e. The van der Waals surface area contributed by atoms with Crippen molar-refractivity contribution in [3.63, 3.8) is 0 Å². The molecule has 2 saturated carbocycles. The first-order valence-corrected chi connectivity index (χ1v) is 28.7. The third kappa shape index (κ3) is 11.3. The van der Waals surface area contributed by atoms with Gasteiger partial charge in [0, 0.05) is 37.6 Å². The number of hydrogen-bond donors (Lipinski definition) is 3. The van der Waals surface area contributed by atoms with Crippen molar-refractivity contribution < 1.29 is 35.9 Å². The second-order valence-corrected chi connectivity index (χ2v) is 24.0. The fraction of sp³-hybridized carbons (Fsp3) is 0.447. The Morgan fingerprint density at radius 2 is 1.42 bits per heavy atom. The van der Waals surface area contributed by atoms with E-state index in [1.807, 2.05) is 13.8 Å². The van der Waals surface area contributed by atoms with Crippen molar-refractivity contribution in [2.75, 3.05) is 48.8 Å². The number of nitrogens with zero attached hydrogens (tertiary/aromatic N) is 10. The van der Waals surface area contributed by atoms with Crippen LogP contribution in [0.25, 0.3) is 21.1 Å². The number of likely N-dealkylation sites (tertiary alicyclic amines) is 2. The summed E-state index contributed by atoms with van der Waals surface area (Å²) in [6, 6.07) is 3.68. The van der Waals surface area contributed by atoms with Crippen LogP contribution in [0.15, 0.2) is 67.8 Å². The van der Waals surface area contributed by atoms with Gasteiger partial charge < -0.3 is 24.6 Å². The molecule has 0 radical (unpaired) electrons. The van der Waals surface area contributed by atoms with E-state index in [4.69, 9.17) is 19.4 Å². The first-order valence-electron chi connectivity index (χ1n) is 24.0. The Morgan fingerprint density at radius 3 is 2.11 bits per heavy atom. The standard InChI is InChI=1S/C47H53N13O8S4/c1-3-67-40-24-49-21-35(53-40)39-23-52-46(69-39)47(62)60-26-29(17-38(60)28-16-31(20-48-19-28)58-72(65,66)33-10-11-33)42-43(36-22-50-25-41(54-36)68-4-2)70-45(56-42)44(61)55-37(27-59-14-6-5-7-15-59)34-18-30(12-13-51-34)57-71(63,64)32-8-9-32/h12-13,16,18-25,29,32-33,37-38,58H,3-11,14-15,17,26-27H2,1-2H3,(H,51,57)(H,55,61)/t29?,37?,38-/m1/s1. The Morgan fingerprint density at radius 1 is 0.750 bits per heavy atom. The van der Waals surface area contributed by atoms with Crippen LogP contribution in [0.5, 0.6) is 11.8 Å². The Labute approximate surface area is 424 Å². The molecule has 0 spiro atoms. The molecule has 4 aliphatic rings. The molecule has 6 aromatic heterocycles. The molecule has 3 atom stereocenters. The molecule has 2 aliphatic heterocycles. The van der Waals surface area contributed by atoms with E-state index < -0.39 is 54.5 Å². The van der Waals surface area contributed by atoms with Crippen molar-refractivity contribution in [2.45, 2.75) is 93.7 Å². The number of piperidine rings is 1. The second-order valence-electron chi connectivity index (χ2n) is 18.1. The van der Waals surface area contributed by atoms with Gasteiger partial charge in [0.05, 0.1) is 99.3 Å². The molecule has 2 aliphatic carbocycles. The lowest BCUT2D eigenvalue weighted by Gasteiger charge is -2.30. The van der Waals surface area contributed by atoms with Crippen molar-refractivity contribution in [1.29, 1.82) is 0 Å². The minimum absolute atomic E-state index is 0.122. The van der Waals surface area contributed by atoms with E-state index in [-0.39, 0.29) is 34.0 Å². The zero-order valence-electron chi connectivity index (χ0n) is 39.5. The topological polar surface area (TPSA) is 267 Å². The third-order valence-corrected chi connectivity index (χ3v) is 18.5. The number of rotatable bonds is 20. The highest BCUT2D eigenvalue weighted by molar-refractivity contribution is 7.93. The molecule has 21 nitrogen and oxygen atoms in total. The van der Waals surface area contributed by atoms with Gasteiger partial charge in [-0.3, -0.25) is 39.0 Å². The fourth-order valence-corrected chi connectivity index (χ4v) is 13.5. The number of carbonyl (C=O) groups is 2. The number of aromatic nitrogens is 8. The number of thiazole rings is 2. The molecule has 8 heterocycles. The van der Waals surface area contributed by atoms with E-state index in [1.54, 1.807) is 47.9 Å². The van der Waals surface area contributed by atoms with Crippen molar-refractivity contribution >= 4 is 65.9 Å². The van der Waals surface area contributed by atoms with E-state index in [1.165, 1.54) is 24.8 Å². The molecule has 72 heavy (non-hydrogen) atoms. The van der Waals surface area contributed by atoms with Gasteiger partial charge >= 0.3 is 0 Å². The average Bonchev–Trinajstić information content (AvgIpc) is 4.29. The van der Waals surface area contributed by atoms with Gasteiger partial charge in [-0.1, -0.05) is 6.42 Å². The van der Waals surface area contributed by atoms with Gasteiger partial charge in [-0.05, 0) is 95.6 Å². The Kier molecular flexibility index (Phi) is 14.4. The lowest BCUT2D eigenvalue weighted by Crippen LogP contribution is -2.40. The van der Waals surface area contributed by atoms with Gasteiger partial charge in [0.2, 0.25) is 31.8 Å². The molecule has 0 aromatic carbocycles. The maximum absolute atomic E-state index is 14.9. The summed E-state index contributed by atoms with van der Waals surface area (Å²) in [5, 5.41) is 2.61. The molecule has 4 fully saturated rings. The number of pyridine rings is 2. The summed E-state index contributed by atoms with van der Waals surface area (Å²) in [6.45, 7) is 6.64. The van der Waals surface area contributed by atoms with Gasteiger partial charge in [-0.15, -0.1) is 22.7 Å². The van der Waals surface area contributed by atoms with Crippen LogP contribution in [0.3, 0.4) is 0 Å². The third-order valence-electron chi connectivity index (χ3n) is 12.7. The number of carbonyl (C=O) groups excluding carboxylic acids is 2. The summed E-state index contributed by atoms with van der Waals surface area (Å²) in [5.41, 5.74) is 3.10. The van der Waals surface area contributed by atoms with Gasteiger partial charge in [0.25, 0.3) is 11.8 Å². The fourth-order valence-electron chi connectivity index (χ4n) is 8.92. The summed E-state index contributed by atoms with van der Waals surface area (Å²) < 4.78 is 68.8. The molecule has 3 N–H and O–H groups in total. The Balaban J connectivity index is 1.00. The smallest absolute Gasteiger partial charge is 0.283 e. The quantitative estimate of drug-likeness (QED) is 0.0764. The molecular formula is C47H53N13O8S4.